The largest absolute Gasteiger partial charge is 0.395 e. The van der Waals surface area contributed by atoms with E-state index in [9.17, 15) is 4.79 Å². The van der Waals surface area contributed by atoms with Gasteiger partial charge in [-0.2, -0.15) is 5.10 Å². The molecule has 1 fully saturated rings. The maximum Gasteiger partial charge on any atom is 0.276 e. The number of carbonyl (C=O) groups is 1. The van der Waals surface area contributed by atoms with Crippen LogP contribution in [0.15, 0.2) is 0 Å². The molecular formula is C11H18N4O2. The second-order valence-corrected chi connectivity index (χ2v) is 4.27. The number of aryl methyl sites for hydroxylation is 1. The molecule has 1 amide bonds. The molecule has 1 saturated carbocycles. The summed E-state index contributed by atoms with van der Waals surface area (Å²) in [5.41, 5.74) is 7.36. The van der Waals surface area contributed by atoms with Crippen LogP contribution in [0.25, 0.3) is 0 Å². The Morgan fingerprint density at radius 2 is 2.35 bits per heavy atom. The lowest BCUT2D eigenvalue weighted by Gasteiger charge is -2.20. The maximum atomic E-state index is 12.2. The highest BCUT2D eigenvalue weighted by Crippen LogP contribution is 2.29. The predicted octanol–water partition coefficient (Wildman–Crippen LogP) is 0.151. The quantitative estimate of drug-likeness (QED) is 0.680. The number of hydrogen-bond donors (Lipinski definition) is 3. The van der Waals surface area contributed by atoms with Crippen LogP contribution in [0, 0.1) is 0 Å². The number of carbonyl (C=O) groups excluding carboxylic acids is 1. The van der Waals surface area contributed by atoms with Crippen LogP contribution in [0.4, 0.5) is 5.69 Å². The summed E-state index contributed by atoms with van der Waals surface area (Å²) in [5, 5.41) is 15.7. The number of rotatable bonds is 5. The maximum absolute atomic E-state index is 12.2. The minimum atomic E-state index is -0.185. The summed E-state index contributed by atoms with van der Waals surface area (Å²) in [4.78, 5) is 13.9. The molecule has 0 atom stereocenters. The van der Waals surface area contributed by atoms with E-state index in [4.69, 9.17) is 10.8 Å². The number of aliphatic hydroxyl groups excluding tert-OH is 1. The Balaban J connectivity index is 2.19. The van der Waals surface area contributed by atoms with Gasteiger partial charge in [0, 0.05) is 12.6 Å². The average Bonchev–Trinajstić information content (AvgIpc) is 3.09. The van der Waals surface area contributed by atoms with E-state index in [1.54, 1.807) is 4.90 Å². The molecule has 0 saturated heterocycles. The molecule has 1 aromatic rings. The number of amides is 1. The first kappa shape index (κ1) is 11.9. The summed E-state index contributed by atoms with van der Waals surface area (Å²) in [7, 11) is 0. The highest BCUT2D eigenvalue weighted by molar-refractivity contribution is 5.98. The Morgan fingerprint density at radius 3 is 2.82 bits per heavy atom. The van der Waals surface area contributed by atoms with Gasteiger partial charge in [-0.05, 0) is 19.3 Å². The fourth-order valence-electron chi connectivity index (χ4n) is 1.90. The van der Waals surface area contributed by atoms with E-state index < -0.39 is 0 Å². The van der Waals surface area contributed by atoms with Gasteiger partial charge in [-0.3, -0.25) is 9.89 Å². The smallest absolute Gasteiger partial charge is 0.276 e. The first-order chi connectivity index (χ1) is 8.19. The molecule has 4 N–H and O–H groups in total. The fourth-order valence-corrected chi connectivity index (χ4v) is 1.90. The third-order valence-electron chi connectivity index (χ3n) is 3.03. The van der Waals surface area contributed by atoms with Crippen molar-refractivity contribution in [3.05, 3.63) is 11.4 Å². The Kier molecular flexibility index (Phi) is 3.33. The van der Waals surface area contributed by atoms with Crippen molar-refractivity contribution in [3.63, 3.8) is 0 Å². The van der Waals surface area contributed by atoms with Gasteiger partial charge in [0.05, 0.1) is 18.0 Å². The number of nitrogen functional groups attached to an aromatic ring is 1. The molecule has 0 aromatic carbocycles. The summed E-state index contributed by atoms with van der Waals surface area (Å²) in [5.74, 6) is -0.185. The van der Waals surface area contributed by atoms with Gasteiger partial charge in [-0.15, -0.1) is 0 Å². The van der Waals surface area contributed by atoms with Crippen molar-refractivity contribution in [2.75, 3.05) is 18.9 Å². The number of nitrogens with zero attached hydrogens (tertiary/aromatic N) is 2. The lowest BCUT2D eigenvalue weighted by Crippen LogP contribution is -2.36. The summed E-state index contributed by atoms with van der Waals surface area (Å²) < 4.78 is 0. The van der Waals surface area contributed by atoms with Crippen molar-refractivity contribution in [1.29, 1.82) is 0 Å². The molecule has 1 aromatic heterocycles. The average molecular weight is 238 g/mol. The third kappa shape index (κ3) is 2.26. The molecule has 17 heavy (non-hydrogen) atoms. The molecule has 0 aliphatic heterocycles. The Labute approximate surface area is 99.8 Å². The molecule has 0 bridgehead atoms. The molecule has 1 heterocycles. The van der Waals surface area contributed by atoms with E-state index in [-0.39, 0.29) is 24.2 Å². The number of H-pyrrole nitrogens is 1. The minimum absolute atomic E-state index is 0.0345. The molecule has 94 valence electrons. The molecule has 0 unspecified atom stereocenters. The van der Waals surface area contributed by atoms with Gasteiger partial charge in [-0.1, -0.05) is 6.92 Å². The van der Waals surface area contributed by atoms with Crippen molar-refractivity contribution in [2.45, 2.75) is 32.2 Å². The number of aromatic nitrogens is 2. The molecule has 0 radical (unpaired) electrons. The van der Waals surface area contributed by atoms with Crippen LogP contribution in [-0.4, -0.2) is 45.3 Å². The Bertz CT molecular complexity index is 412. The summed E-state index contributed by atoms with van der Waals surface area (Å²) in [6.45, 7) is 2.26. The molecular weight excluding hydrogens is 220 g/mol. The van der Waals surface area contributed by atoms with E-state index >= 15 is 0 Å². The standard InChI is InChI=1S/C11H18N4O2/c1-2-8-9(12)10(14-13-8)11(17)15(5-6-16)7-3-4-7/h7,16H,2-6,12H2,1H3,(H,13,14). The second-order valence-electron chi connectivity index (χ2n) is 4.27. The SMILES string of the molecule is CCc1[nH]nc(C(=O)N(CCO)C2CC2)c1N. The fraction of sp³-hybridized carbons (Fsp3) is 0.636. The number of nitrogens with one attached hydrogen (secondary N) is 1. The van der Waals surface area contributed by atoms with Crippen molar-refractivity contribution < 1.29 is 9.90 Å². The number of aliphatic hydroxyl groups is 1. The molecule has 1 aliphatic rings. The molecule has 2 rings (SSSR count). The van der Waals surface area contributed by atoms with E-state index in [0.717, 1.165) is 25.0 Å². The summed E-state index contributed by atoms with van der Waals surface area (Å²) >= 11 is 0. The van der Waals surface area contributed by atoms with Gasteiger partial charge in [0.25, 0.3) is 5.91 Å². The van der Waals surface area contributed by atoms with Gasteiger partial charge in [0.15, 0.2) is 5.69 Å². The van der Waals surface area contributed by atoms with Crippen LogP contribution in [0.3, 0.4) is 0 Å². The minimum Gasteiger partial charge on any atom is -0.395 e. The van der Waals surface area contributed by atoms with E-state index in [2.05, 4.69) is 10.2 Å². The van der Waals surface area contributed by atoms with Gasteiger partial charge in [0.2, 0.25) is 0 Å². The molecule has 6 heteroatoms. The molecule has 0 spiro atoms. The van der Waals surface area contributed by atoms with Crippen LogP contribution >= 0.6 is 0 Å². The van der Waals surface area contributed by atoms with Crippen LogP contribution < -0.4 is 5.73 Å². The number of aromatic amines is 1. The number of hydrogen-bond acceptors (Lipinski definition) is 4. The normalized spacial score (nSPS) is 14.9. The summed E-state index contributed by atoms with van der Waals surface area (Å²) in [6.07, 6.45) is 2.71. The lowest BCUT2D eigenvalue weighted by atomic mass is 10.2. The molecule has 6 nitrogen and oxygen atoms in total. The zero-order chi connectivity index (χ0) is 12.4. The summed E-state index contributed by atoms with van der Waals surface area (Å²) in [6, 6.07) is 0.246. The van der Waals surface area contributed by atoms with Crippen molar-refractivity contribution >= 4 is 11.6 Å². The zero-order valence-corrected chi connectivity index (χ0v) is 9.94. The predicted molar refractivity (Wildman–Crippen MR) is 63.5 cm³/mol. The monoisotopic (exact) mass is 238 g/mol. The first-order valence-corrected chi connectivity index (χ1v) is 5.93. The van der Waals surface area contributed by atoms with E-state index in [1.807, 2.05) is 6.92 Å². The van der Waals surface area contributed by atoms with Crippen LogP contribution in [0.5, 0.6) is 0 Å². The van der Waals surface area contributed by atoms with Crippen LogP contribution in [0.1, 0.15) is 35.9 Å². The third-order valence-corrected chi connectivity index (χ3v) is 3.03. The van der Waals surface area contributed by atoms with Crippen LogP contribution in [0.2, 0.25) is 0 Å². The number of anilines is 1. The zero-order valence-electron chi connectivity index (χ0n) is 9.94. The Morgan fingerprint density at radius 1 is 1.65 bits per heavy atom. The van der Waals surface area contributed by atoms with Gasteiger partial charge >= 0.3 is 0 Å². The highest BCUT2D eigenvalue weighted by atomic mass is 16.3. The van der Waals surface area contributed by atoms with E-state index in [0.29, 0.717) is 12.2 Å². The highest BCUT2D eigenvalue weighted by Gasteiger charge is 2.34. The van der Waals surface area contributed by atoms with Crippen molar-refractivity contribution in [1.82, 2.24) is 15.1 Å². The van der Waals surface area contributed by atoms with E-state index in [1.165, 1.54) is 0 Å². The van der Waals surface area contributed by atoms with Gasteiger partial charge < -0.3 is 15.7 Å². The second kappa shape index (κ2) is 4.75. The molecule has 1 aliphatic carbocycles. The Hall–Kier alpha value is -1.56. The number of nitrogens with two attached hydrogens (primary N) is 1. The first-order valence-electron chi connectivity index (χ1n) is 5.93. The van der Waals surface area contributed by atoms with Crippen molar-refractivity contribution in [2.24, 2.45) is 0 Å². The lowest BCUT2D eigenvalue weighted by molar-refractivity contribution is 0.0702. The van der Waals surface area contributed by atoms with Gasteiger partial charge in [-0.25, -0.2) is 0 Å². The topological polar surface area (TPSA) is 95.2 Å². The van der Waals surface area contributed by atoms with Crippen molar-refractivity contribution in [3.8, 4) is 0 Å². The van der Waals surface area contributed by atoms with Gasteiger partial charge in [0.1, 0.15) is 0 Å². The van der Waals surface area contributed by atoms with Crippen LogP contribution in [-0.2, 0) is 6.42 Å².